The second-order valence-corrected chi connectivity index (χ2v) is 16.3. The van der Waals surface area contributed by atoms with Crippen LogP contribution in [0.3, 0.4) is 0 Å². The van der Waals surface area contributed by atoms with E-state index in [2.05, 4.69) is 27.7 Å². The van der Waals surface area contributed by atoms with E-state index in [0.717, 1.165) is 32.1 Å². The Balaban J connectivity index is 0.00000520. The van der Waals surface area contributed by atoms with Gasteiger partial charge in [0.1, 0.15) is 0 Å². The first-order chi connectivity index (χ1) is 22.0. The molecule has 5 saturated heterocycles. The van der Waals surface area contributed by atoms with Gasteiger partial charge in [0.05, 0.1) is 60.5 Å². The van der Waals surface area contributed by atoms with Crippen LogP contribution in [0.1, 0.15) is 107 Å². The Kier molecular flexibility index (Phi) is 13.0. The zero-order chi connectivity index (χ0) is 34.7. The molecule has 0 saturated carbocycles. The summed E-state index contributed by atoms with van der Waals surface area (Å²) in [6, 6.07) is 0. The number of carboxylic acid groups (broad SMARTS) is 1. The van der Waals surface area contributed by atoms with Crippen molar-refractivity contribution in [3.63, 3.8) is 0 Å². The van der Waals surface area contributed by atoms with E-state index < -0.39 is 59.6 Å². The molecule has 0 radical (unpaired) electrons. The molecular formula is C36H61NaO11. The van der Waals surface area contributed by atoms with Crippen LogP contribution in [0.2, 0.25) is 0 Å². The molecule has 12 heteroatoms. The Hall–Kier alpha value is 0.110. The number of carboxylic acids is 1. The molecule has 5 aliphatic rings. The number of aliphatic hydroxyl groups is 3. The summed E-state index contributed by atoms with van der Waals surface area (Å²) in [5.41, 5.74) is -1.16. The fourth-order valence-corrected chi connectivity index (χ4v) is 9.91. The van der Waals surface area contributed by atoms with Gasteiger partial charge in [-0.25, -0.2) is 0 Å². The number of hydrogen-bond donors (Lipinski definition) is 3. The maximum atomic E-state index is 11.7. The first-order valence-electron chi connectivity index (χ1n) is 18.1. The molecule has 1 spiro atoms. The van der Waals surface area contributed by atoms with Crippen molar-refractivity contribution in [2.75, 3.05) is 13.7 Å². The number of carbonyl (C=O) groups is 1. The Bertz CT molecular complexity index is 1110. The Morgan fingerprint density at radius 3 is 2.33 bits per heavy atom. The molecule has 0 aliphatic carbocycles. The number of hydrogen-bond acceptors (Lipinski definition) is 11. The molecule has 0 aromatic heterocycles. The number of aliphatic hydroxyl groups excluding tert-OH is 2. The third kappa shape index (κ3) is 7.33. The third-order valence-electron chi connectivity index (χ3n) is 13.0. The molecule has 272 valence electrons. The predicted octanol–water partition coefficient (Wildman–Crippen LogP) is -0.0578. The normalized spacial score (nSPS) is 49.8. The molecule has 3 N–H and O–H groups in total. The van der Waals surface area contributed by atoms with Gasteiger partial charge in [0.2, 0.25) is 0 Å². The smallest absolute Gasteiger partial charge is 0.550 e. The number of methoxy groups -OCH3 is 1. The van der Waals surface area contributed by atoms with Crippen LogP contribution < -0.4 is 34.7 Å². The van der Waals surface area contributed by atoms with Gasteiger partial charge in [-0.1, -0.05) is 48.5 Å². The minimum atomic E-state index is -1.57. The maximum Gasteiger partial charge on any atom is 1.00 e. The van der Waals surface area contributed by atoms with Crippen molar-refractivity contribution >= 4 is 5.97 Å². The zero-order valence-corrected chi connectivity index (χ0v) is 33.0. The molecule has 48 heavy (non-hydrogen) atoms. The number of ether oxygens (including phenoxy) is 6. The van der Waals surface area contributed by atoms with Gasteiger partial charge in [-0.05, 0) is 57.3 Å². The van der Waals surface area contributed by atoms with E-state index in [0.29, 0.717) is 19.3 Å². The van der Waals surface area contributed by atoms with E-state index in [1.54, 1.807) is 6.92 Å². The van der Waals surface area contributed by atoms with Crippen LogP contribution in [0.4, 0.5) is 0 Å². The van der Waals surface area contributed by atoms with Crippen molar-refractivity contribution in [1.82, 2.24) is 0 Å². The minimum absolute atomic E-state index is 0. The first-order valence-corrected chi connectivity index (χ1v) is 18.1. The first kappa shape index (κ1) is 40.9. The second-order valence-electron chi connectivity index (χ2n) is 16.3. The fraction of sp³-hybridized carbons (Fsp3) is 0.972. The van der Waals surface area contributed by atoms with Crippen LogP contribution in [0.25, 0.3) is 0 Å². The molecule has 5 heterocycles. The predicted molar refractivity (Wildman–Crippen MR) is 170 cm³/mol. The van der Waals surface area contributed by atoms with Gasteiger partial charge in [-0.3, -0.25) is 0 Å². The van der Waals surface area contributed by atoms with Crippen LogP contribution in [-0.4, -0.2) is 101 Å². The zero-order valence-electron chi connectivity index (χ0n) is 31.0. The number of rotatable bonds is 10. The monoisotopic (exact) mass is 692 g/mol. The van der Waals surface area contributed by atoms with Crippen molar-refractivity contribution in [1.29, 1.82) is 0 Å². The van der Waals surface area contributed by atoms with Crippen molar-refractivity contribution < 1.29 is 83.2 Å². The molecule has 5 rings (SSSR count). The number of aliphatic carboxylic acids is 1. The van der Waals surface area contributed by atoms with E-state index >= 15 is 0 Å². The summed E-state index contributed by atoms with van der Waals surface area (Å²) in [6.07, 6.45) is 2.81. The average molecular weight is 693 g/mol. The average Bonchev–Trinajstić information content (AvgIpc) is 3.73. The van der Waals surface area contributed by atoms with Crippen LogP contribution in [0.5, 0.6) is 0 Å². The molecule has 1 unspecified atom stereocenters. The van der Waals surface area contributed by atoms with Crippen molar-refractivity contribution in [3.05, 3.63) is 0 Å². The minimum Gasteiger partial charge on any atom is -0.550 e. The van der Waals surface area contributed by atoms with E-state index in [-0.39, 0.29) is 83.6 Å². The standard InChI is InChI=1S/C36H62O11.Na/c1-10-34(31-20(3)16-26(43-31)28-19(2)15-21(4)36(41,18-37)46-28)12-11-27(44-34)33(8)13-14-35(47-33)17-25(38)22(5)30(45-35)23(6)29(42-9)24(7)32(39)40;/h19-31,37-38,41H,10-18H2,1-9H3,(H,39,40);/q;+1/p-1/t19-,20-,21+,22+,23-,24+,25-,26+,27?,28-,29+,30-,31+,33-,34-,35+,36-;/m0./s1. The van der Waals surface area contributed by atoms with Crippen molar-refractivity contribution in [2.24, 2.45) is 35.5 Å². The van der Waals surface area contributed by atoms with Gasteiger partial charge in [0.25, 0.3) is 0 Å². The summed E-state index contributed by atoms with van der Waals surface area (Å²) in [4.78, 5) is 11.7. The van der Waals surface area contributed by atoms with Crippen molar-refractivity contribution in [2.45, 2.75) is 172 Å². The van der Waals surface area contributed by atoms with Gasteiger partial charge in [0, 0.05) is 49.6 Å². The van der Waals surface area contributed by atoms with Gasteiger partial charge >= 0.3 is 29.6 Å². The Morgan fingerprint density at radius 2 is 1.73 bits per heavy atom. The molecule has 5 aliphatic heterocycles. The molecule has 5 fully saturated rings. The van der Waals surface area contributed by atoms with Crippen molar-refractivity contribution in [3.8, 4) is 0 Å². The van der Waals surface area contributed by atoms with Gasteiger partial charge in [-0.15, -0.1) is 0 Å². The van der Waals surface area contributed by atoms with Gasteiger partial charge in [0.15, 0.2) is 11.6 Å². The summed E-state index contributed by atoms with van der Waals surface area (Å²) < 4.78 is 39.3. The van der Waals surface area contributed by atoms with E-state index in [9.17, 15) is 25.2 Å². The Morgan fingerprint density at radius 1 is 1.04 bits per heavy atom. The van der Waals surface area contributed by atoms with E-state index in [1.165, 1.54) is 7.11 Å². The summed E-state index contributed by atoms with van der Waals surface area (Å²) >= 11 is 0. The third-order valence-corrected chi connectivity index (χ3v) is 13.0. The molecule has 0 bridgehead atoms. The van der Waals surface area contributed by atoms with E-state index in [1.807, 2.05) is 20.8 Å². The van der Waals surface area contributed by atoms with Crippen LogP contribution in [-0.2, 0) is 33.2 Å². The van der Waals surface area contributed by atoms with Crippen LogP contribution in [0.15, 0.2) is 0 Å². The van der Waals surface area contributed by atoms with Crippen LogP contribution >= 0.6 is 0 Å². The molecule has 0 amide bonds. The quantitative estimate of drug-likeness (QED) is 0.264. The summed E-state index contributed by atoms with van der Waals surface area (Å²) in [7, 11) is 1.50. The summed E-state index contributed by atoms with van der Waals surface area (Å²) in [6.45, 7) is 15.4. The molecule has 0 aromatic carbocycles. The second kappa shape index (κ2) is 15.2. The van der Waals surface area contributed by atoms with Crippen LogP contribution in [0, 0.1) is 35.5 Å². The summed E-state index contributed by atoms with van der Waals surface area (Å²) in [5.74, 6) is -4.97. The van der Waals surface area contributed by atoms with E-state index in [4.69, 9.17) is 28.4 Å². The summed E-state index contributed by atoms with van der Waals surface area (Å²) in [5, 5.41) is 43.9. The molecule has 0 aromatic rings. The van der Waals surface area contributed by atoms with Gasteiger partial charge < -0.3 is 53.6 Å². The topological polar surface area (TPSA) is 156 Å². The SMILES string of the molecule is CC[C@@]1([C@@H]2O[C@@H]([C@H]3O[C@@](O)(CO)[C@H](C)C[C@@H]3C)C[C@@H]2C)CCC([C@]2(C)CC[C@]3(C[C@H](O)[C@@H](C)[C@@H]([C@@H](C)[C@@H](OC)[C@@H](C)C(=O)[O-])O3)O2)O1.[Na+]. The largest absolute Gasteiger partial charge is 1.00 e. The molecule has 11 nitrogen and oxygen atoms in total. The molecule has 17 atom stereocenters. The maximum absolute atomic E-state index is 11.7. The Labute approximate surface area is 309 Å². The molecular weight excluding hydrogens is 631 g/mol. The fourth-order valence-electron chi connectivity index (χ4n) is 9.91. The number of carbonyl (C=O) groups excluding carboxylic acids is 1. The van der Waals surface area contributed by atoms with Gasteiger partial charge in [-0.2, -0.15) is 0 Å².